The van der Waals surface area contributed by atoms with Crippen molar-refractivity contribution in [3.8, 4) is 11.5 Å². The van der Waals surface area contributed by atoms with E-state index in [1.165, 1.54) is 28.1 Å². The summed E-state index contributed by atoms with van der Waals surface area (Å²) in [7, 11) is 0. The molecule has 3 heterocycles. The van der Waals surface area contributed by atoms with Crippen LogP contribution in [-0.2, 0) is 6.54 Å². The molecule has 23 heavy (non-hydrogen) atoms. The fourth-order valence-corrected chi connectivity index (χ4v) is 3.08. The molecule has 0 amide bonds. The van der Waals surface area contributed by atoms with Gasteiger partial charge in [0.25, 0.3) is 5.56 Å². The second-order valence-corrected chi connectivity index (χ2v) is 6.03. The van der Waals surface area contributed by atoms with E-state index in [1.807, 2.05) is 18.2 Å². The van der Waals surface area contributed by atoms with Gasteiger partial charge in [0.1, 0.15) is 0 Å². The lowest BCUT2D eigenvalue weighted by atomic mass is 10.2. The van der Waals surface area contributed by atoms with Gasteiger partial charge in [-0.1, -0.05) is 17.4 Å². The topological polar surface area (TPSA) is 77.8 Å². The van der Waals surface area contributed by atoms with Crippen LogP contribution >= 0.6 is 11.3 Å². The minimum absolute atomic E-state index is 0.185. The Bertz CT molecular complexity index is 905. The normalized spacial score (nSPS) is 13.7. The molecule has 0 saturated heterocycles. The largest absolute Gasteiger partial charge is 0.490 e. The van der Waals surface area contributed by atoms with Crippen LogP contribution in [0.15, 0.2) is 35.3 Å². The van der Waals surface area contributed by atoms with Crippen LogP contribution in [0.5, 0.6) is 11.5 Å². The Morgan fingerprint density at radius 1 is 1.22 bits per heavy atom. The lowest BCUT2D eigenvalue weighted by Gasteiger charge is -2.09. The van der Waals surface area contributed by atoms with E-state index in [-0.39, 0.29) is 5.56 Å². The molecule has 118 valence electrons. The maximum atomic E-state index is 11.7. The average Bonchev–Trinajstić information content (AvgIpc) is 2.84. The van der Waals surface area contributed by atoms with Crippen LogP contribution in [0.1, 0.15) is 12.0 Å². The molecule has 1 aliphatic heterocycles. The molecule has 7 nitrogen and oxygen atoms in total. The molecule has 0 unspecified atom stereocenters. The number of aromatic nitrogens is 3. The summed E-state index contributed by atoms with van der Waals surface area (Å²) in [5.74, 6) is 1.55. The van der Waals surface area contributed by atoms with Crippen molar-refractivity contribution in [3.63, 3.8) is 0 Å². The van der Waals surface area contributed by atoms with Gasteiger partial charge < -0.3 is 14.8 Å². The molecule has 0 bridgehead atoms. The molecule has 3 aromatic rings. The molecule has 0 aliphatic carbocycles. The maximum Gasteiger partial charge on any atom is 0.275 e. The molecule has 0 radical (unpaired) electrons. The van der Waals surface area contributed by atoms with Gasteiger partial charge in [0.2, 0.25) is 10.1 Å². The smallest absolute Gasteiger partial charge is 0.275 e. The standard InChI is InChI=1S/C15H14N4O3S/c20-13-4-5-16-15-19(13)18-14(23-15)17-9-10-2-3-11-12(8-10)22-7-1-6-21-11/h2-5,8H,1,6-7,9H2,(H,17,18). The molecule has 8 heteroatoms. The third kappa shape index (κ3) is 2.85. The first-order valence-electron chi connectivity index (χ1n) is 7.27. The fraction of sp³-hybridized carbons (Fsp3) is 0.267. The molecule has 1 aliphatic rings. The summed E-state index contributed by atoms with van der Waals surface area (Å²) in [5, 5.41) is 8.08. The molecule has 0 spiro atoms. The molecular formula is C15H14N4O3S. The van der Waals surface area contributed by atoms with Crippen LogP contribution in [0.25, 0.3) is 4.96 Å². The first kappa shape index (κ1) is 14.0. The van der Waals surface area contributed by atoms with Crippen molar-refractivity contribution in [3.05, 3.63) is 46.4 Å². The molecular weight excluding hydrogens is 316 g/mol. The van der Waals surface area contributed by atoms with Gasteiger partial charge in [-0.2, -0.15) is 4.52 Å². The summed E-state index contributed by atoms with van der Waals surface area (Å²) >= 11 is 1.34. The Morgan fingerprint density at radius 2 is 2.09 bits per heavy atom. The van der Waals surface area contributed by atoms with Crippen molar-refractivity contribution < 1.29 is 9.47 Å². The number of ether oxygens (including phenoxy) is 2. The number of fused-ring (bicyclic) bond motifs is 2. The van der Waals surface area contributed by atoms with Crippen molar-refractivity contribution in [1.82, 2.24) is 14.6 Å². The predicted octanol–water partition coefficient (Wildman–Crippen LogP) is 1.92. The van der Waals surface area contributed by atoms with Crippen LogP contribution in [0.3, 0.4) is 0 Å². The van der Waals surface area contributed by atoms with E-state index in [2.05, 4.69) is 15.4 Å². The Hall–Kier alpha value is -2.61. The summed E-state index contributed by atoms with van der Waals surface area (Å²) in [4.78, 5) is 16.4. The molecule has 1 N–H and O–H groups in total. The molecule has 0 fully saturated rings. The Labute approximate surface area is 135 Å². The zero-order valence-corrected chi connectivity index (χ0v) is 13.0. The Balaban J connectivity index is 1.53. The van der Waals surface area contributed by atoms with Crippen LogP contribution in [-0.4, -0.2) is 27.8 Å². The van der Waals surface area contributed by atoms with Crippen molar-refractivity contribution in [2.24, 2.45) is 0 Å². The third-order valence-electron chi connectivity index (χ3n) is 3.43. The third-order valence-corrected chi connectivity index (χ3v) is 4.31. The summed E-state index contributed by atoms with van der Waals surface area (Å²) < 4.78 is 12.6. The number of hydrogen-bond donors (Lipinski definition) is 1. The predicted molar refractivity (Wildman–Crippen MR) is 86.5 cm³/mol. The number of rotatable bonds is 3. The van der Waals surface area contributed by atoms with Gasteiger partial charge in [0.15, 0.2) is 11.5 Å². The molecule has 1 aromatic carbocycles. The van der Waals surface area contributed by atoms with Crippen molar-refractivity contribution in [2.45, 2.75) is 13.0 Å². The van der Waals surface area contributed by atoms with Gasteiger partial charge in [0.05, 0.1) is 13.2 Å². The monoisotopic (exact) mass is 330 g/mol. The summed E-state index contributed by atoms with van der Waals surface area (Å²) in [6.45, 7) is 1.92. The van der Waals surface area contributed by atoms with E-state index in [0.717, 1.165) is 23.5 Å². The van der Waals surface area contributed by atoms with Gasteiger partial charge in [-0.05, 0) is 17.7 Å². The molecule has 2 aromatic heterocycles. The van der Waals surface area contributed by atoms with Gasteiger partial charge in [-0.25, -0.2) is 4.98 Å². The molecule has 4 rings (SSSR count). The second-order valence-electron chi connectivity index (χ2n) is 5.07. The number of benzene rings is 1. The van der Waals surface area contributed by atoms with E-state index in [9.17, 15) is 4.79 Å². The minimum atomic E-state index is -0.185. The van der Waals surface area contributed by atoms with Crippen molar-refractivity contribution in [1.29, 1.82) is 0 Å². The van der Waals surface area contributed by atoms with Gasteiger partial charge in [-0.3, -0.25) is 4.79 Å². The lowest BCUT2D eigenvalue weighted by Crippen LogP contribution is -2.12. The zero-order valence-electron chi connectivity index (χ0n) is 12.2. The number of anilines is 1. The van der Waals surface area contributed by atoms with Gasteiger partial charge in [-0.15, -0.1) is 5.10 Å². The van der Waals surface area contributed by atoms with E-state index in [1.54, 1.807) is 0 Å². The summed E-state index contributed by atoms with van der Waals surface area (Å²) in [6.07, 6.45) is 2.37. The van der Waals surface area contributed by atoms with Crippen LogP contribution < -0.4 is 20.3 Å². The SMILES string of the molecule is O=c1ccnc2sc(NCc3ccc4c(c3)OCCCO4)nn12. The van der Waals surface area contributed by atoms with Crippen LogP contribution in [0.2, 0.25) is 0 Å². The quantitative estimate of drug-likeness (QED) is 0.790. The summed E-state index contributed by atoms with van der Waals surface area (Å²) in [6, 6.07) is 7.26. The van der Waals surface area contributed by atoms with E-state index in [0.29, 0.717) is 29.9 Å². The number of nitrogens with one attached hydrogen (secondary N) is 1. The number of hydrogen-bond acceptors (Lipinski definition) is 7. The first-order valence-corrected chi connectivity index (χ1v) is 8.08. The lowest BCUT2D eigenvalue weighted by molar-refractivity contribution is 0.297. The van der Waals surface area contributed by atoms with Gasteiger partial charge in [0, 0.05) is 25.2 Å². The van der Waals surface area contributed by atoms with E-state index in [4.69, 9.17) is 9.47 Å². The fourth-order valence-electron chi connectivity index (χ4n) is 2.31. The van der Waals surface area contributed by atoms with Gasteiger partial charge >= 0.3 is 0 Å². The zero-order chi connectivity index (χ0) is 15.6. The van der Waals surface area contributed by atoms with Crippen molar-refractivity contribution in [2.75, 3.05) is 18.5 Å². The van der Waals surface area contributed by atoms with Crippen LogP contribution in [0.4, 0.5) is 5.13 Å². The highest BCUT2D eigenvalue weighted by atomic mass is 32.1. The Kier molecular flexibility index (Phi) is 3.58. The second kappa shape index (κ2) is 5.88. The van der Waals surface area contributed by atoms with Crippen molar-refractivity contribution >= 4 is 21.4 Å². The molecule has 0 saturated carbocycles. The highest BCUT2D eigenvalue weighted by Crippen LogP contribution is 2.30. The average molecular weight is 330 g/mol. The van der Waals surface area contributed by atoms with E-state index >= 15 is 0 Å². The Morgan fingerprint density at radius 3 is 2.96 bits per heavy atom. The highest BCUT2D eigenvalue weighted by molar-refractivity contribution is 7.20. The minimum Gasteiger partial charge on any atom is -0.490 e. The maximum absolute atomic E-state index is 11.7. The first-order chi connectivity index (χ1) is 11.3. The van der Waals surface area contributed by atoms with Crippen LogP contribution in [0, 0.1) is 0 Å². The highest BCUT2D eigenvalue weighted by Gasteiger charge is 2.11. The number of nitrogens with zero attached hydrogens (tertiary/aromatic N) is 3. The van der Waals surface area contributed by atoms with E-state index < -0.39 is 0 Å². The summed E-state index contributed by atoms with van der Waals surface area (Å²) in [5.41, 5.74) is 0.865. The molecule has 0 atom stereocenters.